The molecule has 11 heteroatoms. The second-order valence-electron chi connectivity index (χ2n) is 10.4. The van der Waals surface area contributed by atoms with Crippen molar-refractivity contribution < 1.29 is 121 Å². The van der Waals surface area contributed by atoms with Crippen LogP contribution in [0.3, 0.4) is 0 Å². The molecular formula is C28H51Na3O7S. The zero-order chi connectivity index (χ0) is 27.3. The molecule has 0 rings (SSSR count). The number of carbonyl (C=O) groups excluding carboxylic acids is 2. The molecule has 0 aromatic carbocycles. The number of aliphatic carboxylic acids is 2. The van der Waals surface area contributed by atoms with E-state index in [0.717, 1.165) is 51.4 Å². The molecule has 214 valence electrons. The van der Waals surface area contributed by atoms with Crippen LogP contribution < -0.4 is 98.9 Å². The molecule has 2 unspecified atom stereocenters. The molecule has 39 heavy (non-hydrogen) atoms. The van der Waals surface area contributed by atoms with E-state index in [2.05, 4.69) is 13.8 Å². The van der Waals surface area contributed by atoms with Crippen molar-refractivity contribution in [3.05, 3.63) is 0 Å². The summed E-state index contributed by atoms with van der Waals surface area (Å²) in [6.45, 7) is 4.33. The summed E-state index contributed by atoms with van der Waals surface area (Å²) in [5.74, 6) is -5.83. The van der Waals surface area contributed by atoms with Crippen LogP contribution >= 0.6 is 0 Å². The second kappa shape index (κ2) is 29.9. The Morgan fingerprint density at radius 1 is 0.590 bits per heavy atom. The van der Waals surface area contributed by atoms with Gasteiger partial charge in [-0.25, -0.2) is 8.42 Å². The maximum Gasteiger partial charge on any atom is 1.00 e. The summed E-state index contributed by atoms with van der Waals surface area (Å²) in [4.78, 5) is 23.9. The standard InChI is InChI=1S/C28H54O7S.3Na/c1-3-5-7-9-11-13-15-17-19-21-23-25(26(29)30)28(27(31)32,36(33,34)35)24-22-20-18-16-14-12-10-8-6-4-2;;;/h25H,3-24H2,1-2H3,(H,29,30)(H,31,32)(H,33,34,35);;;/q;3*+1/p-3. The average Bonchev–Trinajstić information content (AvgIpc) is 2.80. The van der Waals surface area contributed by atoms with Crippen molar-refractivity contribution in [1.82, 2.24) is 0 Å². The number of carboxylic acids is 2. The van der Waals surface area contributed by atoms with Crippen LogP contribution in [0.25, 0.3) is 0 Å². The van der Waals surface area contributed by atoms with Gasteiger partial charge in [0.25, 0.3) is 0 Å². The number of carbonyl (C=O) groups is 2. The molecule has 0 fully saturated rings. The summed E-state index contributed by atoms with van der Waals surface area (Å²) in [7, 11) is -5.48. The molecule has 0 aliphatic rings. The van der Waals surface area contributed by atoms with Gasteiger partial charge in [0.05, 0.1) is 5.97 Å². The smallest absolute Gasteiger partial charge is 0.747 e. The van der Waals surface area contributed by atoms with E-state index in [-0.39, 0.29) is 102 Å². The monoisotopic (exact) mass is 600 g/mol. The zero-order valence-electron chi connectivity index (χ0n) is 25.9. The van der Waals surface area contributed by atoms with E-state index in [4.69, 9.17) is 0 Å². The Balaban J connectivity index is -0.00000204. The van der Waals surface area contributed by atoms with Gasteiger partial charge in [0.15, 0.2) is 0 Å². The minimum Gasteiger partial charge on any atom is -0.747 e. The fourth-order valence-electron chi connectivity index (χ4n) is 5.07. The van der Waals surface area contributed by atoms with Crippen LogP contribution in [0.15, 0.2) is 0 Å². The largest absolute Gasteiger partial charge is 1.00 e. The van der Waals surface area contributed by atoms with Crippen LogP contribution in [-0.4, -0.2) is 29.7 Å². The number of unbranched alkanes of at least 4 members (excludes halogenated alkanes) is 18. The normalized spacial score (nSPS) is 13.3. The minimum atomic E-state index is -5.48. The van der Waals surface area contributed by atoms with Crippen molar-refractivity contribution in [3.63, 3.8) is 0 Å². The van der Waals surface area contributed by atoms with Gasteiger partial charge >= 0.3 is 88.7 Å². The van der Waals surface area contributed by atoms with E-state index in [1.165, 1.54) is 51.4 Å². The summed E-state index contributed by atoms with van der Waals surface area (Å²) in [6.07, 6.45) is 18.6. The Hall–Kier alpha value is 1.85. The molecule has 0 bridgehead atoms. The first-order chi connectivity index (χ1) is 17.1. The maximum absolute atomic E-state index is 12.1. The van der Waals surface area contributed by atoms with Gasteiger partial charge in [-0.05, 0) is 12.8 Å². The van der Waals surface area contributed by atoms with Crippen LogP contribution in [0.4, 0.5) is 0 Å². The van der Waals surface area contributed by atoms with Crippen molar-refractivity contribution in [2.75, 3.05) is 0 Å². The number of rotatable bonds is 26. The molecule has 0 saturated carbocycles. The average molecular weight is 601 g/mol. The maximum atomic E-state index is 12.1. The van der Waals surface area contributed by atoms with Gasteiger partial charge in [-0.15, -0.1) is 0 Å². The first-order valence-corrected chi connectivity index (χ1v) is 15.9. The van der Waals surface area contributed by atoms with Gasteiger partial charge in [0.1, 0.15) is 14.9 Å². The van der Waals surface area contributed by atoms with E-state index in [1.54, 1.807) is 0 Å². The van der Waals surface area contributed by atoms with E-state index < -0.39 is 39.1 Å². The van der Waals surface area contributed by atoms with Gasteiger partial charge in [0, 0.05) is 11.9 Å². The van der Waals surface area contributed by atoms with E-state index in [9.17, 15) is 32.8 Å². The fraction of sp³-hybridized carbons (Fsp3) is 0.929. The van der Waals surface area contributed by atoms with Crippen molar-refractivity contribution in [2.45, 2.75) is 160 Å². The molecule has 0 amide bonds. The summed E-state index contributed by atoms with van der Waals surface area (Å²) in [5.41, 5.74) is 0. The van der Waals surface area contributed by atoms with Crippen LogP contribution in [0, 0.1) is 5.92 Å². The molecule has 0 aliphatic carbocycles. The molecule has 0 heterocycles. The number of hydrogen-bond acceptors (Lipinski definition) is 7. The molecule has 0 N–H and O–H groups in total. The third kappa shape index (κ3) is 21.2. The third-order valence-electron chi connectivity index (χ3n) is 7.39. The zero-order valence-corrected chi connectivity index (χ0v) is 32.7. The summed E-state index contributed by atoms with van der Waals surface area (Å²) < 4.78 is 33.5. The van der Waals surface area contributed by atoms with E-state index in [0.29, 0.717) is 19.3 Å². The van der Waals surface area contributed by atoms with Crippen molar-refractivity contribution in [1.29, 1.82) is 0 Å². The summed E-state index contributed by atoms with van der Waals surface area (Å²) in [6, 6.07) is 0. The topological polar surface area (TPSA) is 137 Å². The van der Waals surface area contributed by atoms with Gasteiger partial charge in [-0.3, -0.25) is 0 Å². The van der Waals surface area contributed by atoms with Gasteiger partial charge in [0.2, 0.25) is 0 Å². The fourth-order valence-corrected chi connectivity index (χ4v) is 6.23. The van der Waals surface area contributed by atoms with Crippen LogP contribution in [0.5, 0.6) is 0 Å². The Kier molecular flexibility index (Phi) is 36.6. The first kappa shape index (κ1) is 47.8. The van der Waals surface area contributed by atoms with Crippen molar-refractivity contribution in [3.8, 4) is 0 Å². The predicted molar refractivity (Wildman–Crippen MR) is 139 cm³/mol. The Morgan fingerprint density at radius 2 is 0.897 bits per heavy atom. The molecule has 0 aromatic heterocycles. The van der Waals surface area contributed by atoms with E-state index in [1.807, 2.05) is 0 Å². The van der Waals surface area contributed by atoms with Crippen molar-refractivity contribution >= 4 is 22.1 Å². The van der Waals surface area contributed by atoms with Crippen LogP contribution in [0.2, 0.25) is 0 Å². The van der Waals surface area contributed by atoms with Crippen molar-refractivity contribution in [2.24, 2.45) is 5.92 Å². The molecule has 2 atom stereocenters. The van der Waals surface area contributed by atoms with Gasteiger partial charge < -0.3 is 24.4 Å². The molecule has 0 spiro atoms. The Labute approximate surface area is 305 Å². The van der Waals surface area contributed by atoms with Crippen LogP contribution in [0.1, 0.15) is 155 Å². The molecule has 0 aliphatic heterocycles. The quantitative estimate of drug-likeness (QED) is 0.0561. The van der Waals surface area contributed by atoms with Gasteiger partial charge in [-0.2, -0.15) is 0 Å². The number of hydrogen-bond donors (Lipinski definition) is 0. The SMILES string of the molecule is CCCCCCCCCCCCC(C(=O)[O-])C(CCCCCCCCCCCC)(C(=O)[O-])S(=O)(=O)[O-].[Na+].[Na+].[Na+]. The van der Waals surface area contributed by atoms with Gasteiger partial charge in [-0.1, -0.05) is 142 Å². The second-order valence-corrected chi connectivity index (χ2v) is 12.0. The third-order valence-corrected chi connectivity index (χ3v) is 8.93. The molecule has 7 nitrogen and oxygen atoms in total. The first-order valence-electron chi connectivity index (χ1n) is 14.5. The molecule has 0 radical (unpaired) electrons. The molecular weight excluding hydrogens is 549 g/mol. The summed E-state index contributed by atoms with van der Waals surface area (Å²) in [5, 5.41) is 23.9. The molecule has 0 saturated heterocycles. The minimum absolute atomic E-state index is 0. The number of carboxylic acid groups (broad SMARTS) is 2. The predicted octanol–water partition coefficient (Wildman–Crippen LogP) is -3.98. The van der Waals surface area contributed by atoms with Crippen LogP contribution in [-0.2, 0) is 19.7 Å². The molecule has 0 aromatic rings. The Morgan fingerprint density at radius 3 is 1.18 bits per heavy atom. The van der Waals surface area contributed by atoms with E-state index >= 15 is 0 Å². The summed E-state index contributed by atoms with van der Waals surface area (Å²) >= 11 is 0. The Bertz CT molecular complexity index is 693.